The fourth-order valence-corrected chi connectivity index (χ4v) is 2.99. The maximum Gasteiger partial charge on any atom is 0.124 e. The summed E-state index contributed by atoms with van der Waals surface area (Å²) in [5, 5.41) is 3.31. The van der Waals surface area contributed by atoms with Crippen molar-refractivity contribution in [1.29, 1.82) is 0 Å². The van der Waals surface area contributed by atoms with Crippen molar-refractivity contribution in [1.82, 2.24) is 10.2 Å². The highest BCUT2D eigenvalue weighted by atomic mass is 35.5. The van der Waals surface area contributed by atoms with E-state index in [4.69, 9.17) is 4.74 Å². The van der Waals surface area contributed by atoms with Crippen LogP contribution in [0.15, 0.2) is 54.6 Å². The van der Waals surface area contributed by atoms with Gasteiger partial charge in [-0.3, -0.25) is 4.90 Å². The summed E-state index contributed by atoms with van der Waals surface area (Å²) in [7, 11) is 0. The highest BCUT2D eigenvalue weighted by Gasteiger charge is 2.24. The number of nitrogens with zero attached hydrogens (tertiary/aromatic N) is 1. The van der Waals surface area contributed by atoms with Crippen molar-refractivity contribution in [3.63, 3.8) is 0 Å². The Bertz CT molecular complexity index is 609. The van der Waals surface area contributed by atoms with Gasteiger partial charge in [0.15, 0.2) is 0 Å². The van der Waals surface area contributed by atoms with Gasteiger partial charge in [0.1, 0.15) is 19.0 Å². The van der Waals surface area contributed by atoms with Crippen LogP contribution in [0.5, 0.6) is 5.75 Å². The zero-order chi connectivity index (χ0) is 15.9. The first-order chi connectivity index (χ1) is 11.4. The molecule has 2 aromatic rings. The van der Waals surface area contributed by atoms with Gasteiger partial charge >= 0.3 is 0 Å². The molecular weight excluding hydrogens is 362 g/mol. The number of benzene rings is 2. The van der Waals surface area contributed by atoms with Crippen molar-refractivity contribution in [2.45, 2.75) is 12.6 Å². The largest absolute Gasteiger partial charge is 0.489 e. The van der Waals surface area contributed by atoms with E-state index < -0.39 is 6.67 Å². The summed E-state index contributed by atoms with van der Waals surface area (Å²) in [6.07, 6.45) is 0. The summed E-state index contributed by atoms with van der Waals surface area (Å²) >= 11 is 0. The number of hydrogen-bond donors (Lipinski definition) is 1. The quantitative estimate of drug-likeness (QED) is 0.810. The van der Waals surface area contributed by atoms with Crippen LogP contribution in [0, 0.1) is 0 Å². The number of ether oxygens (including phenoxy) is 1. The van der Waals surface area contributed by atoms with Crippen LogP contribution in [-0.2, 0) is 6.61 Å². The highest BCUT2D eigenvalue weighted by Crippen LogP contribution is 2.30. The third-order valence-electron chi connectivity index (χ3n) is 4.25. The van der Waals surface area contributed by atoms with Crippen molar-refractivity contribution in [2.75, 3.05) is 32.9 Å². The van der Waals surface area contributed by atoms with E-state index in [0.717, 1.165) is 43.1 Å². The molecule has 1 fully saturated rings. The van der Waals surface area contributed by atoms with Crippen molar-refractivity contribution in [2.24, 2.45) is 0 Å². The lowest BCUT2D eigenvalue weighted by Gasteiger charge is -2.34. The lowest BCUT2D eigenvalue weighted by molar-refractivity contribution is 0.143. The van der Waals surface area contributed by atoms with Gasteiger partial charge in [0, 0.05) is 31.7 Å². The molecule has 1 aliphatic rings. The number of alkyl halides is 1. The van der Waals surface area contributed by atoms with Crippen molar-refractivity contribution in [3.05, 3.63) is 65.7 Å². The molecule has 25 heavy (non-hydrogen) atoms. The van der Waals surface area contributed by atoms with Gasteiger partial charge in [0.05, 0.1) is 6.04 Å². The van der Waals surface area contributed by atoms with Gasteiger partial charge in [-0.2, -0.15) is 0 Å². The molecule has 0 radical (unpaired) electrons. The van der Waals surface area contributed by atoms with Crippen LogP contribution >= 0.6 is 24.8 Å². The zero-order valence-corrected chi connectivity index (χ0v) is 15.7. The minimum Gasteiger partial charge on any atom is -0.489 e. The molecule has 0 amide bonds. The van der Waals surface area contributed by atoms with Crippen LogP contribution in [0.1, 0.15) is 17.2 Å². The molecule has 2 aromatic carbocycles. The minimum atomic E-state index is -0.397. The van der Waals surface area contributed by atoms with Crippen molar-refractivity contribution in [3.8, 4) is 5.75 Å². The smallest absolute Gasteiger partial charge is 0.124 e. The summed E-state index contributed by atoms with van der Waals surface area (Å²) in [6, 6.07) is 17.6. The third-order valence-corrected chi connectivity index (χ3v) is 4.25. The van der Waals surface area contributed by atoms with E-state index in [1.807, 2.05) is 54.6 Å². The molecule has 138 valence electrons. The van der Waals surface area contributed by atoms with Gasteiger partial charge in [-0.25, -0.2) is 4.39 Å². The standard InChI is InChI=1S/C19H23FN2O.2ClH/c20-14-18(22-12-10-21-11-13-22)17-8-4-5-9-19(17)23-15-16-6-2-1-3-7-16;;/h1-9,18,21H,10-15H2;2*1H/t18-;;/m1../s1. The Kier molecular flexibility index (Phi) is 9.83. The summed E-state index contributed by atoms with van der Waals surface area (Å²) < 4.78 is 19.7. The van der Waals surface area contributed by atoms with E-state index in [2.05, 4.69) is 10.2 Å². The fourth-order valence-electron chi connectivity index (χ4n) is 2.99. The Morgan fingerprint density at radius 3 is 2.28 bits per heavy atom. The molecular formula is C19H25Cl2FN2O. The second kappa shape index (κ2) is 11.3. The normalized spacial score (nSPS) is 15.6. The molecule has 0 aromatic heterocycles. The average Bonchev–Trinajstić information content (AvgIpc) is 2.63. The molecule has 0 unspecified atom stereocenters. The SMILES string of the molecule is Cl.Cl.FC[C@H](c1ccccc1OCc1ccccc1)N1CCNCC1. The van der Waals surface area contributed by atoms with E-state index in [1.165, 1.54) is 0 Å². The van der Waals surface area contributed by atoms with Crippen LogP contribution in [0.2, 0.25) is 0 Å². The Hall–Kier alpha value is -1.33. The van der Waals surface area contributed by atoms with Crippen LogP contribution in [0.25, 0.3) is 0 Å². The zero-order valence-electron chi connectivity index (χ0n) is 14.1. The van der Waals surface area contributed by atoms with Gasteiger partial charge < -0.3 is 10.1 Å². The Morgan fingerprint density at radius 1 is 0.960 bits per heavy atom. The summed E-state index contributed by atoms with van der Waals surface area (Å²) in [5.74, 6) is 0.775. The Morgan fingerprint density at radius 2 is 1.60 bits per heavy atom. The van der Waals surface area contributed by atoms with Gasteiger partial charge in [-0.1, -0.05) is 48.5 Å². The molecule has 1 aliphatic heterocycles. The number of piperazine rings is 1. The Labute approximate surface area is 161 Å². The number of para-hydroxylation sites is 1. The van der Waals surface area contributed by atoms with Gasteiger partial charge in [0.25, 0.3) is 0 Å². The molecule has 0 aliphatic carbocycles. The first kappa shape index (κ1) is 21.7. The minimum absolute atomic E-state index is 0. The second-order valence-electron chi connectivity index (χ2n) is 5.77. The molecule has 3 nitrogen and oxygen atoms in total. The molecule has 6 heteroatoms. The number of halogens is 3. The summed E-state index contributed by atoms with van der Waals surface area (Å²) in [5.41, 5.74) is 2.05. The molecule has 1 N–H and O–H groups in total. The second-order valence-corrected chi connectivity index (χ2v) is 5.77. The monoisotopic (exact) mass is 386 g/mol. The van der Waals surface area contributed by atoms with Gasteiger partial charge in [-0.05, 0) is 11.6 Å². The van der Waals surface area contributed by atoms with Crippen LogP contribution in [-0.4, -0.2) is 37.8 Å². The van der Waals surface area contributed by atoms with Gasteiger partial charge in [0.2, 0.25) is 0 Å². The lowest BCUT2D eigenvalue weighted by Crippen LogP contribution is -2.45. The van der Waals surface area contributed by atoms with E-state index >= 15 is 0 Å². The van der Waals surface area contributed by atoms with E-state index in [0.29, 0.717) is 6.61 Å². The van der Waals surface area contributed by atoms with Crippen molar-refractivity contribution < 1.29 is 9.13 Å². The predicted molar refractivity (Wildman–Crippen MR) is 105 cm³/mol. The average molecular weight is 387 g/mol. The van der Waals surface area contributed by atoms with E-state index in [1.54, 1.807) is 0 Å². The topological polar surface area (TPSA) is 24.5 Å². The molecule has 1 atom stereocenters. The van der Waals surface area contributed by atoms with Crippen LogP contribution in [0.3, 0.4) is 0 Å². The first-order valence-corrected chi connectivity index (χ1v) is 8.15. The molecule has 3 rings (SSSR count). The highest BCUT2D eigenvalue weighted by molar-refractivity contribution is 5.85. The van der Waals surface area contributed by atoms with E-state index in [-0.39, 0.29) is 30.9 Å². The number of rotatable bonds is 6. The lowest BCUT2D eigenvalue weighted by atomic mass is 10.0. The summed E-state index contributed by atoms with van der Waals surface area (Å²) in [4.78, 5) is 2.20. The molecule has 0 saturated carbocycles. The van der Waals surface area contributed by atoms with Crippen LogP contribution in [0.4, 0.5) is 4.39 Å². The Balaban J connectivity index is 0.00000156. The summed E-state index contributed by atoms with van der Waals surface area (Å²) in [6.45, 7) is 3.64. The third kappa shape index (κ3) is 5.86. The van der Waals surface area contributed by atoms with Crippen LogP contribution < -0.4 is 10.1 Å². The number of hydrogen-bond acceptors (Lipinski definition) is 3. The molecule has 1 heterocycles. The maximum atomic E-state index is 13.8. The maximum absolute atomic E-state index is 13.8. The van der Waals surface area contributed by atoms with Crippen molar-refractivity contribution >= 4 is 24.8 Å². The molecule has 0 spiro atoms. The van der Waals surface area contributed by atoms with Gasteiger partial charge in [-0.15, -0.1) is 24.8 Å². The molecule has 1 saturated heterocycles. The van der Waals surface area contributed by atoms with E-state index in [9.17, 15) is 4.39 Å². The molecule has 0 bridgehead atoms. The fraction of sp³-hybridized carbons (Fsp3) is 0.368. The predicted octanol–water partition coefficient (Wildman–Crippen LogP) is 4.03. The first-order valence-electron chi connectivity index (χ1n) is 8.15. The number of nitrogens with one attached hydrogen (secondary N) is 1.